The van der Waals surface area contributed by atoms with Crippen molar-refractivity contribution in [2.75, 3.05) is 0 Å². The van der Waals surface area contributed by atoms with E-state index in [2.05, 4.69) is 15.9 Å². The maximum atomic E-state index is 12.8. The molecule has 0 fully saturated rings. The van der Waals surface area contributed by atoms with E-state index in [-0.39, 0.29) is 5.82 Å². The molecule has 2 nitrogen and oxygen atoms in total. The summed E-state index contributed by atoms with van der Waals surface area (Å²) in [6, 6.07) is 9.64. The molecule has 0 bridgehead atoms. The Morgan fingerprint density at radius 1 is 1.14 bits per heavy atom. The SMILES string of the molecule is Cc1cc(Br)cc(C)c1OC(=O)C=Cc1ccc(F)cc1. The first-order chi connectivity index (χ1) is 9.95. The highest BCUT2D eigenvalue weighted by Gasteiger charge is 2.08. The molecule has 0 atom stereocenters. The van der Waals surface area contributed by atoms with Crippen molar-refractivity contribution in [3.8, 4) is 5.75 Å². The van der Waals surface area contributed by atoms with Gasteiger partial charge in [0.15, 0.2) is 0 Å². The Bertz CT molecular complexity index is 667. The van der Waals surface area contributed by atoms with Gasteiger partial charge in [0.05, 0.1) is 0 Å². The molecule has 0 spiro atoms. The summed E-state index contributed by atoms with van der Waals surface area (Å²) in [4.78, 5) is 11.8. The van der Waals surface area contributed by atoms with Crippen molar-refractivity contribution in [1.29, 1.82) is 0 Å². The molecule has 0 amide bonds. The van der Waals surface area contributed by atoms with E-state index in [4.69, 9.17) is 4.74 Å². The third kappa shape index (κ3) is 4.26. The van der Waals surface area contributed by atoms with Crippen LogP contribution in [0.2, 0.25) is 0 Å². The van der Waals surface area contributed by atoms with Gasteiger partial charge in [-0.15, -0.1) is 0 Å². The predicted molar refractivity (Wildman–Crippen MR) is 84.7 cm³/mol. The van der Waals surface area contributed by atoms with Crippen LogP contribution in [0.15, 0.2) is 46.9 Å². The monoisotopic (exact) mass is 348 g/mol. The fraction of sp³-hybridized carbons (Fsp3) is 0.118. The number of carbonyl (C=O) groups excluding carboxylic acids is 1. The number of aryl methyl sites for hydroxylation is 2. The minimum atomic E-state index is -0.465. The standard InChI is InChI=1S/C17H14BrFO2/c1-11-9-14(18)10-12(2)17(11)21-16(20)8-5-13-3-6-15(19)7-4-13/h3-10H,1-2H3. The number of ether oxygens (including phenoxy) is 1. The topological polar surface area (TPSA) is 26.3 Å². The molecule has 4 heteroatoms. The van der Waals surface area contributed by atoms with Crippen LogP contribution in [0.3, 0.4) is 0 Å². The number of halogens is 2. The van der Waals surface area contributed by atoms with E-state index >= 15 is 0 Å². The van der Waals surface area contributed by atoms with Crippen LogP contribution in [0.25, 0.3) is 6.08 Å². The van der Waals surface area contributed by atoms with E-state index in [0.29, 0.717) is 5.75 Å². The minimum Gasteiger partial charge on any atom is -0.423 e. The molecule has 2 rings (SSSR count). The van der Waals surface area contributed by atoms with E-state index in [1.165, 1.54) is 18.2 Å². The van der Waals surface area contributed by atoms with Crippen molar-refractivity contribution in [1.82, 2.24) is 0 Å². The molecule has 2 aromatic carbocycles. The lowest BCUT2D eigenvalue weighted by molar-refractivity contribution is -0.129. The summed E-state index contributed by atoms with van der Waals surface area (Å²) in [5.41, 5.74) is 2.49. The van der Waals surface area contributed by atoms with Crippen LogP contribution in [0.4, 0.5) is 4.39 Å². The van der Waals surface area contributed by atoms with Crippen LogP contribution < -0.4 is 4.74 Å². The number of esters is 1. The molecular formula is C17H14BrFO2. The number of hydrogen-bond acceptors (Lipinski definition) is 2. The molecule has 108 valence electrons. The van der Waals surface area contributed by atoms with Gasteiger partial charge in [0.25, 0.3) is 0 Å². The molecule has 0 unspecified atom stereocenters. The molecule has 0 heterocycles. The van der Waals surface area contributed by atoms with Gasteiger partial charge in [-0.2, -0.15) is 0 Å². The zero-order valence-electron chi connectivity index (χ0n) is 11.7. The minimum absolute atomic E-state index is 0.309. The van der Waals surface area contributed by atoms with Crippen LogP contribution >= 0.6 is 15.9 Å². The van der Waals surface area contributed by atoms with E-state index in [9.17, 15) is 9.18 Å². The van der Waals surface area contributed by atoms with Gasteiger partial charge in [-0.05, 0) is 60.9 Å². The second kappa shape index (κ2) is 6.68. The van der Waals surface area contributed by atoms with Crippen molar-refractivity contribution >= 4 is 28.0 Å². The highest BCUT2D eigenvalue weighted by Crippen LogP contribution is 2.27. The van der Waals surface area contributed by atoms with Crippen molar-refractivity contribution in [3.63, 3.8) is 0 Å². The molecule has 0 N–H and O–H groups in total. The highest BCUT2D eigenvalue weighted by atomic mass is 79.9. The zero-order chi connectivity index (χ0) is 15.4. The largest absolute Gasteiger partial charge is 0.423 e. The molecule has 0 saturated heterocycles. The van der Waals surface area contributed by atoms with Gasteiger partial charge in [-0.1, -0.05) is 28.1 Å². The molecule has 0 aromatic heterocycles. The molecule has 2 aromatic rings. The van der Waals surface area contributed by atoms with Crippen molar-refractivity contribution in [2.24, 2.45) is 0 Å². The van der Waals surface area contributed by atoms with Gasteiger partial charge in [-0.25, -0.2) is 9.18 Å². The maximum Gasteiger partial charge on any atom is 0.336 e. The number of hydrogen-bond donors (Lipinski definition) is 0. The average molecular weight is 349 g/mol. The van der Waals surface area contributed by atoms with Crippen LogP contribution in [-0.4, -0.2) is 5.97 Å². The first-order valence-corrected chi connectivity index (χ1v) is 7.17. The number of benzene rings is 2. The Morgan fingerprint density at radius 3 is 2.29 bits per heavy atom. The van der Waals surface area contributed by atoms with E-state index in [1.807, 2.05) is 26.0 Å². The third-order valence-corrected chi connectivity index (χ3v) is 3.37. The van der Waals surface area contributed by atoms with Gasteiger partial charge < -0.3 is 4.74 Å². The first kappa shape index (κ1) is 15.4. The molecule has 0 saturated carbocycles. The lowest BCUT2D eigenvalue weighted by atomic mass is 10.1. The number of carbonyl (C=O) groups is 1. The fourth-order valence-corrected chi connectivity index (χ4v) is 2.62. The fourth-order valence-electron chi connectivity index (χ4n) is 1.93. The smallest absolute Gasteiger partial charge is 0.336 e. The van der Waals surface area contributed by atoms with Crippen molar-refractivity contribution in [2.45, 2.75) is 13.8 Å². The second-order valence-electron chi connectivity index (χ2n) is 4.67. The number of rotatable bonds is 3. The second-order valence-corrected chi connectivity index (χ2v) is 5.59. The molecule has 0 aliphatic heterocycles. The van der Waals surface area contributed by atoms with Gasteiger partial charge in [0.2, 0.25) is 0 Å². The molecule has 0 aliphatic rings. The van der Waals surface area contributed by atoms with E-state index in [0.717, 1.165) is 21.2 Å². The Hall–Kier alpha value is -1.94. The molecule has 21 heavy (non-hydrogen) atoms. The Balaban J connectivity index is 2.10. The van der Waals surface area contributed by atoms with Crippen LogP contribution in [0.1, 0.15) is 16.7 Å². The normalized spacial score (nSPS) is 10.9. The zero-order valence-corrected chi connectivity index (χ0v) is 13.3. The van der Waals surface area contributed by atoms with Gasteiger partial charge >= 0.3 is 5.97 Å². The quantitative estimate of drug-likeness (QED) is 0.451. The van der Waals surface area contributed by atoms with Gasteiger partial charge in [0, 0.05) is 10.5 Å². The summed E-state index contributed by atoms with van der Waals surface area (Å²) < 4.78 is 19.1. The Morgan fingerprint density at radius 2 is 1.71 bits per heavy atom. The summed E-state index contributed by atoms with van der Waals surface area (Å²) in [5, 5.41) is 0. The van der Waals surface area contributed by atoms with Crippen molar-refractivity contribution in [3.05, 3.63) is 69.5 Å². The predicted octanol–water partition coefficient (Wildman–Crippen LogP) is 4.82. The molecule has 0 aliphatic carbocycles. The van der Waals surface area contributed by atoms with Crippen LogP contribution in [-0.2, 0) is 4.79 Å². The third-order valence-electron chi connectivity index (χ3n) is 2.91. The van der Waals surface area contributed by atoms with E-state index in [1.54, 1.807) is 18.2 Å². The van der Waals surface area contributed by atoms with Crippen molar-refractivity contribution < 1.29 is 13.9 Å². The van der Waals surface area contributed by atoms with Crippen LogP contribution in [0.5, 0.6) is 5.75 Å². The maximum absolute atomic E-state index is 12.8. The van der Waals surface area contributed by atoms with Gasteiger partial charge in [0.1, 0.15) is 11.6 Å². The summed E-state index contributed by atoms with van der Waals surface area (Å²) in [6.07, 6.45) is 2.92. The Labute approximate surface area is 131 Å². The lowest BCUT2D eigenvalue weighted by Crippen LogP contribution is -2.06. The summed E-state index contributed by atoms with van der Waals surface area (Å²) >= 11 is 3.40. The first-order valence-electron chi connectivity index (χ1n) is 6.38. The summed E-state index contributed by atoms with van der Waals surface area (Å²) in [6.45, 7) is 3.76. The average Bonchev–Trinajstić information content (AvgIpc) is 2.42. The molecule has 0 radical (unpaired) electrons. The van der Waals surface area contributed by atoms with Crippen LogP contribution in [0, 0.1) is 19.7 Å². The lowest BCUT2D eigenvalue weighted by Gasteiger charge is -2.09. The molecular weight excluding hydrogens is 335 g/mol. The highest BCUT2D eigenvalue weighted by molar-refractivity contribution is 9.10. The Kier molecular flexibility index (Phi) is 4.91. The van der Waals surface area contributed by atoms with Gasteiger partial charge in [-0.3, -0.25) is 0 Å². The summed E-state index contributed by atoms with van der Waals surface area (Å²) in [7, 11) is 0. The van der Waals surface area contributed by atoms with E-state index < -0.39 is 5.97 Å². The summed E-state index contributed by atoms with van der Waals surface area (Å²) in [5.74, 6) is -0.212.